The average Bonchev–Trinajstić information content (AvgIpc) is 3.79. The highest BCUT2D eigenvalue weighted by Crippen LogP contribution is 2.34. The van der Waals surface area contributed by atoms with Gasteiger partial charge in [-0.05, 0) is 74.8 Å². The Balaban J connectivity index is 1.07. The van der Waals surface area contributed by atoms with Crippen molar-refractivity contribution >= 4 is 11.8 Å². The molecule has 3 aliphatic rings. The maximum Gasteiger partial charge on any atom is 0.435 e. The first-order chi connectivity index (χ1) is 21.5. The number of likely N-dealkylation sites (tertiary alicyclic amines) is 2. The normalized spacial score (nSPS) is 21.3. The summed E-state index contributed by atoms with van der Waals surface area (Å²) < 4.78 is 54.2. The molecule has 2 aliphatic heterocycles. The van der Waals surface area contributed by atoms with Gasteiger partial charge < -0.3 is 15.1 Å². The molecule has 0 radical (unpaired) electrons. The molecule has 3 fully saturated rings. The van der Waals surface area contributed by atoms with Gasteiger partial charge in [-0.3, -0.25) is 9.59 Å². The monoisotopic (exact) mass is 627 g/mol. The summed E-state index contributed by atoms with van der Waals surface area (Å²) in [5, 5.41) is 14.6. The molecule has 2 aromatic heterocycles. The molecule has 9 nitrogen and oxygen atoms in total. The fraction of sp³-hybridized carbons (Fsp3) is 0.531. The first-order valence-corrected chi connectivity index (χ1v) is 15.5. The van der Waals surface area contributed by atoms with Crippen LogP contribution in [0.4, 0.5) is 17.6 Å². The Hall–Kier alpha value is -3.87. The van der Waals surface area contributed by atoms with E-state index in [2.05, 4.69) is 25.5 Å². The molecule has 1 aliphatic carbocycles. The summed E-state index contributed by atoms with van der Waals surface area (Å²) in [5.74, 6) is 0.297. The van der Waals surface area contributed by atoms with Gasteiger partial charge in [0, 0.05) is 38.6 Å². The van der Waals surface area contributed by atoms with E-state index < -0.39 is 11.9 Å². The van der Waals surface area contributed by atoms with Crippen LogP contribution in [0, 0.1) is 37.4 Å². The Morgan fingerprint density at radius 3 is 2.33 bits per heavy atom. The lowest BCUT2D eigenvalue weighted by Gasteiger charge is -2.26. The molecule has 13 heteroatoms. The summed E-state index contributed by atoms with van der Waals surface area (Å²) in [4.78, 5) is 30.8. The van der Waals surface area contributed by atoms with Gasteiger partial charge in [-0.2, -0.15) is 18.3 Å². The van der Waals surface area contributed by atoms with Crippen molar-refractivity contribution in [2.24, 2.45) is 17.8 Å². The van der Waals surface area contributed by atoms with E-state index in [-0.39, 0.29) is 35.4 Å². The molecule has 3 aromatic rings. The van der Waals surface area contributed by atoms with Crippen molar-refractivity contribution in [3.05, 3.63) is 70.4 Å². The molecule has 0 spiro atoms. The van der Waals surface area contributed by atoms with E-state index in [0.717, 1.165) is 56.9 Å². The molecule has 45 heavy (non-hydrogen) atoms. The van der Waals surface area contributed by atoms with Crippen molar-refractivity contribution in [2.45, 2.75) is 58.2 Å². The molecule has 3 atom stereocenters. The second-order valence-electron chi connectivity index (χ2n) is 12.6. The van der Waals surface area contributed by atoms with Crippen LogP contribution in [-0.2, 0) is 11.0 Å². The van der Waals surface area contributed by atoms with Gasteiger partial charge in [-0.1, -0.05) is 25.0 Å². The van der Waals surface area contributed by atoms with Gasteiger partial charge in [0.1, 0.15) is 5.82 Å². The lowest BCUT2D eigenvalue weighted by molar-refractivity contribution is -0.141. The predicted molar refractivity (Wildman–Crippen MR) is 157 cm³/mol. The maximum atomic E-state index is 14.1. The third kappa shape index (κ3) is 6.58. The topological polar surface area (TPSA) is 96.2 Å². The Bertz CT molecular complexity index is 1540. The van der Waals surface area contributed by atoms with E-state index >= 15 is 0 Å². The number of amides is 2. The molecular weight excluding hydrogens is 590 g/mol. The van der Waals surface area contributed by atoms with Crippen LogP contribution < -0.4 is 5.32 Å². The van der Waals surface area contributed by atoms with E-state index in [9.17, 15) is 27.2 Å². The van der Waals surface area contributed by atoms with Gasteiger partial charge >= 0.3 is 6.18 Å². The fourth-order valence-corrected chi connectivity index (χ4v) is 7.20. The Morgan fingerprint density at radius 2 is 1.71 bits per heavy atom. The lowest BCUT2D eigenvalue weighted by atomic mass is 10.0. The smallest absolute Gasteiger partial charge is 0.349 e. The van der Waals surface area contributed by atoms with Crippen LogP contribution in [0.2, 0.25) is 0 Å². The molecule has 2 saturated heterocycles. The van der Waals surface area contributed by atoms with Crippen LogP contribution in [0.1, 0.15) is 71.1 Å². The first kappa shape index (κ1) is 31.1. The largest absolute Gasteiger partial charge is 0.435 e. The maximum absolute atomic E-state index is 14.1. The second kappa shape index (κ2) is 12.5. The summed E-state index contributed by atoms with van der Waals surface area (Å²) >= 11 is 0. The highest BCUT2D eigenvalue weighted by atomic mass is 19.4. The number of carbonyl (C=O) groups is 2. The van der Waals surface area contributed by atoms with E-state index in [4.69, 9.17) is 0 Å². The van der Waals surface area contributed by atoms with Crippen LogP contribution in [-0.4, -0.2) is 74.3 Å². The molecule has 0 bridgehead atoms. The minimum atomic E-state index is -4.60. The number of aromatic nitrogens is 4. The highest BCUT2D eigenvalue weighted by Gasteiger charge is 2.42. The van der Waals surface area contributed by atoms with Crippen molar-refractivity contribution in [3.8, 4) is 5.82 Å². The zero-order chi connectivity index (χ0) is 31.9. The zero-order valence-electron chi connectivity index (χ0n) is 25.4. The molecule has 6 rings (SSSR count). The van der Waals surface area contributed by atoms with Crippen LogP contribution in [0.5, 0.6) is 0 Å². The average molecular weight is 628 g/mol. The SMILES string of the molecule is Cc1nn(-c2ccc(C(F)(F)F)nn2)c(C)c1C(=O)N1CC2CN(CCC(NC(=O)C3CCCC3)c3cccc(F)c3)CC2C1. The molecule has 240 valence electrons. The number of nitrogens with one attached hydrogen (secondary N) is 1. The molecule has 1 N–H and O–H groups in total. The standard InChI is InChI=1S/C32H37F4N7O2/c1-19-29(20(2)43(40-19)28-11-10-27(38-39-28)32(34,35)36)31(45)42-17-23-15-41(16-24(23)18-42)13-12-26(22-8-5-9-25(33)14-22)37-30(44)21-6-3-4-7-21/h5,8-11,14,21,23-24,26H,3-4,6-7,12-13,15-18H2,1-2H3,(H,37,44). The number of halogens is 4. The number of carbonyl (C=O) groups excluding carboxylic acids is 2. The number of benzene rings is 1. The summed E-state index contributed by atoms with van der Waals surface area (Å²) in [6.45, 7) is 6.97. The molecule has 3 unspecified atom stereocenters. The van der Waals surface area contributed by atoms with Crippen LogP contribution in [0.25, 0.3) is 5.82 Å². The fourth-order valence-electron chi connectivity index (χ4n) is 7.20. The summed E-state index contributed by atoms with van der Waals surface area (Å²) in [5.41, 5.74) is 1.06. The third-order valence-corrected chi connectivity index (χ3v) is 9.54. The van der Waals surface area contributed by atoms with E-state index in [1.807, 2.05) is 11.0 Å². The van der Waals surface area contributed by atoms with Gasteiger partial charge in [0.25, 0.3) is 5.91 Å². The second-order valence-corrected chi connectivity index (χ2v) is 12.6. The van der Waals surface area contributed by atoms with Crippen molar-refractivity contribution in [2.75, 3.05) is 32.7 Å². The summed E-state index contributed by atoms with van der Waals surface area (Å²) in [6, 6.07) is 8.21. The van der Waals surface area contributed by atoms with Crippen molar-refractivity contribution in [1.82, 2.24) is 35.1 Å². The van der Waals surface area contributed by atoms with Crippen molar-refractivity contribution < 1.29 is 27.2 Å². The summed E-state index contributed by atoms with van der Waals surface area (Å²) in [6.07, 6.45) is -0.0134. The number of aryl methyl sites for hydroxylation is 1. The molecule has 1 saturated carbocycles. The molecular formula is C32H37F4N7O2. The van der Waals surface area contributed by atoms with Gasteiger partial charge in [0.15, 0.2) is 11.5 Å². The lowest BCUT2D eigenvalue weighted by Crippen LogP contribution is -2.37. The van der Waals surface area contributed by atoms with Gasteiger partial charge in [-0.25, -0.2) is 9.07 Å². The minimum Gasteiger partial charge on any atom is -0.349 e. The van der Waals surface area contributed by atoms with Crippen molar-refractivity contribution in [3.63, 3.8) is 0 Å². The number of rotatable bonds is 8. The molecule has 1 aromatic carbocycles. The number of fused-ring (bicyclic) bond motifs is 1. The minimum absolute atomic E-state index is 0.0259. The number of nitrogens with zero attached hydrogens (tertiary/aromatic N) is 6. The van der Waals surface area contributed by atoms with E-state index in [1.165, 1.54) is 22.9 Å². The summed E-state index contributed by atoms with van der Waals surface area (Å²) in [7, 11) is 0. The number of alkyl halides is 3. The first-order valence-electron chi connectivity index (χ1n) is 15.5. The van der Waals surface area contributed by atoms with Crippen molar-refractivity contribution in [1.29, 1.82) is 0 Å². The van der Waals surface area contributed by atoms with Crippen LogP contribution in [0.15, 0.2) is 36.4 Å². The molecule has 2 amide bonds. The quantitative estimate of drug-likeness (QED) is 0.358. The Kier molecular flexibility index (Phi) is 8.64. The highest BCUT2D eigenvalue weighted by molar-refractivity contribution is 5.96. The number of hydrogen-bond donors (Lipinski definition) is 1. The van der Waals surface area contributed by atoms with Crippen LogP contribution in [0.3, 0.4) is 0 Å². The predicted octanol–water partition coefficient (Wildman–Crippen LogP) is 4.88. The van der Waals surface area contributed by atoms with Gasteiger partial charge in [0.05, 0.1) is 23.0 Å². The third-order valence-electron chi connectivity index (χ3n) is 9.54. The van der Waals surface area contributed by atoms with E-state index in [1.54, 1.807) is 19.9 Å². The van der Waals surface area contributed by atoms with Crippen LogP contribution >= 0.6 is 0 Å². The van der Waals surface area contributed by atoms with Gasteiger partial charge in [0.2, 0.25) is 5.91 Å². The number of hydrogen-bond acceptors (Lipinski definition) is 6. The van der Waals surface area contributed by atoms with Gasteiger partial charge in [-0.15, -0.1) is 10.2 Å². The Labute approximate surface area is 259 Å². The Morgan fingerprint density at radius 1 is 1.00 bits per heavy atom. The zero-order valence-corrected chi connectivity index (χ0v) is 25.4. The van der Waals surface area contributed by atoms with E-state index in [0.29, 0.717) is 48.3 Å². The molecule has 4 heterocycles.